The highest BCUT2D eigenvalue weighted by Crippen LogP contribution is 2.36. The molecule has 0 fully saturated rings. The van der Waals surface area contributed by atoms with E-state index >= 15 is 0 Å². The zero-order valence-electron chi connectivity index (χ0n) is 16.2. The number of hydrogen-bond acceptors (Lipinski definition) is 6. The molecule has 27 heavy (non-hydrogen) atoms. The Morgan fingerprint density at radius 3 is 2.78 bits per heavy atom. The number of hydrogen-bond donors (Lipinski definition) is 1. The average Bonchev–Trinajstić information content (AvgIpc) is 3.33. The lowest BCUT2D eigenvalue weighted by atomic mass is 10.1. The largest absolute Gasteiger partial charge is 0.454 e. The number of carbonyl (C=O) groups is 1. The third-order valence-corrected chi connectivity index (χ3v) is 4.78. The van der Waals surface area contributed by atoms with Gasteiger partial charge in [-0.15, -0.1) is 0 Å². The van der Waals surface area contributed by atoms with Gasteiger partial charge < -0.3 is 24.2 Å². The molecule has 0 unspecified atom stereocenters. The first kappa shape index (κ1) is 19.2. The van der Waals surface area contributed by atoms with Crippen LogP contribution in [0.1, 0.15) is 44.1 Å². The summed E-state index contributed by atoms with van der Waals surface area (Å²) in [6.45, 7) is 9.71. The fraction of sp³-hybridized carbons (Fsp3) is 0.500. The SMILES string of the molecule is CCN(CC)CCC[C@H](C)NC(=O)c1cc(-c2ccc3c(c2)OCO3)on1. The molecular formula is C20H27N3O4. The number of fused-ring (bicyclic) bond motifs is 1. The smallest absolute Gasteiger partial charge is 0.273 e. The predicted octanol–water partition coefficient (Wildman–Crippen LogP) is 3.31. The highest BCUT2D eigenvalue weighted by Gasteiger charge is 2.19. The molecule has 1 amide bonds. The lowest BCUT2D eigenvalue weighted by molar-refractivity contribution is 0.0928. The molecule has 0 radical (unpaired) electrons. The van der Waals surface area contributed by atoms with Crippen LogP contribution in [0.25, 0.3) is 11.3 Å². The van der Waals surface area contributed by atoms with Crippen LogP contribution in [-0.2, 0) is 0 Å². The topological polar surface area (TPSA) is 76.8 Å². The fourth-order valence-corrected chi connectivity index (χ4v) is 3.10. The molecule has 0 aliphatic carbocycles. The van der Waals surface area contributed by atoms with Gasteiger partial charge in [-0.05, 0) is 57.6 Å². The van der Waals surface area contributed by atoms with Gasteiger partial charge in [0.15, 0.2) is 23.0 Å². The first-order valence-electron chi connectivity index (χ1n) is 9.50. The number of amides is 1. The first-order chi connectivity index (χ1) is 13.1. The van der Waals surface area contributed by atoms with E-state index in [-0.39, 0.29) is 24.4 Å². The van der Waals surface area contributed by atoms with Crippen LogP contribution in [0.5, 0.6) is 11.5 Å². The van der Waals surface area contributed by atoms with Gasteiger partial charge in [0.05, 0.1) is 0 Å². The molecule has 1 aliphatic rings. The molecule has 0 saturated carbocycles. The van der Waals surface area contributed by atoms with Crippen LogP contribution in [0.2, 0.25) is 0 Å². The third kappa shape index (κ3) is 4.80. The van der Waals surface area contributed by atoms with Gasteiger partial charge >= 0.3 is 0 Å². The summed E-state index contributed by atoms with van der Waals surface area (Å²) in [4.78, 5) is 14.8. The van der Waals surface area contributed by atoms with Crippen molar-refractivity contribution in [1.29, 1.82) is 0 Å². The molecule has 1 aliphatic heterocycles. The van der Waals surface area contributed by atoms with Crippen molar-refractivity contribution in [3.63, 3.8) is 0 Å². The van der Waals surface area contributed by atoms with E-state index in [0.717, 1.165) is 38.0 Å². The number of carbonyl (C=O) groups excluding carboxylic acids is 1. The minimum Gasteiger partial charge on any atom is -0.454 e. The van der Waals surface area contributed by atoms with Crippen molar-refractivity contribution in [3.8, 4) is 22.8 Å². The van der Waals surface area contributed by atoms with E-state index in [4.69, 9.17) is 14.0 Å². The minimum atomic E-state index is -0.221. The highest BCUT2D eigenvalue weighted by molar-refractivity contribution is 5.93. The molecule has 2 aromatic rings. The molecule has 1 aromatic carbocycles. The van der Waals surface area contributed by atoms with Gasteiger partial charge in [-0.3, -0.25) is 4.79 Å². The van der Waals surface area contributed by atoms with Gasteiger partial charge in [0.1, 0.15) is 0 Å². The molecule has 0 saturated heterocycles. The Labute approximate surface area is 159 Å². The second kappa shape index (κ2) is 8.90. The summed E-state index contributed by atoms with van der Waals surface area (Å²) in [7, 11) is 0. The monoisotopic (exact) mass is 373 g/mol. The summed E-state index contributed by atoms with van der Waals surface area (Å²) in [6.07, 6.45) is 1.97. The lowest BCUT2D eigenvalue weighted by Crippen LogP contribution is -2.33. The summed E-state index contributed by atoms with van der Waals surface area (Å²) >= 11 is 0. The van der Waals surface area contributed by atoms with Crippen LogP contribution >= 0.6 is 0 Å². The quantitative estimate of drug-likeness (QED) is 0.727. The summed E-state index contributed by atoms with van der Waals surface area (Å²) in [5.41, 5.74) is 1.07. The van der Waals surface area contributed by atoms with Crippen LogP contribution in [0, 0.1) is 0 Å². The Bertz CT molecular complexity index is 770. The summed E-state index contributed by atoms with van der Waals surface area (Å²) in [5.74, 6) is 1.67. The zero-order chi connectivity index (χ0) is 19.2. The van der Waals surface area contributed by atoms with Gasteiger partial charge in [-0.25, -0.2) is 0 Å². The lowest BCUT2D eigenvalue weighted by Gasteiger charge is -2.19. The molecule has 1 atom stereocenters. The van der Waals surface area contributed by atoms with E-state index in [1.165, 1.54) is 0 Å². The fourth-order valence-electron chi connectivity index (χ4n) is 3.10. The first-order valence-corrected chi connectivity index (χ1v) is 9.50. The number of aromatic nitrogens is 1. The Kier molecular flexibility index (Phi) is 6.34. The van der Waals surface area contributed by atoms with E-state index in [9.17, 15) is 4.79 Å². The van der Waals surface area contributed by atoms with Crippen molar-refractivity contribution >= 4 is 5.91 Å². The third-order valence-electron chi connectivity index (χ3n) is 4.78. The van der Waals surface area contributed by atoms with Crippen LogP contribution in [0.15, 0.2) is 28.8 Å². The summed E-state index contributed by atoms with van der Waals surface area (Å²) in [5, 5.41) is 6.89. The minimum absolute atomic E-state index is 0.0822. The van der Waals surface area contributed by atoms with E-state index in [1.54, 1.807) is 6.07 Å². The maximum Gasteiger partial charge on any atom is 0.273 e. The molecule has 0 spiro atoms. The van der Waals surface area contributed by atoms with Gasteiger partial charge in [0.2, 0.25) is 6.79 Å². The molecule has 0 bridgehead atoms. The van der Waals surface area contributed by atoms with E-state index in [0.29, 0.717) is 17.3 Å². The van der Waals surface area contributed by atoms with Crippen molar-refractivity contribution in [1.82, 2.24) is 15.4 Å². The summed E-state index contributed by atoms with van der Waals surface area (Å²) in [6, 6.07) is 7.22. The van der Waals surface area contributed by atoms with Crippen LogP contribution in [-0.4, -0.2) is 48.4 Å². The molecule has 1 aromatic heterocycles. The molecule has 1 N–H and O–H groups in total. The van der Waals surface area contributed by atoms with Gasteiger partial charge in [0, 0.05) is 17.7 Å². The Balaban J connectivity index is 1.54. The highest BCUT2D eigenvalue weighted by atomic mass is 16.7. The van der Waals surface area contributed by atoms with Crippen LogP contribution < -0.4 is 14.8 Å². The predicted molar refractivity (Wildman–Crippen MR) is 102 cm³/mol. The van der Waals surface area contributed by atoms with Gasteiger partial charge in [-0.1, -0.05) is 19.0 Å². The number of ether oxygens (including phenoxy) is 2. The van der Waals surface area contributed by atoms with E-state index in [1.807, 2.05) is 25.1 Å². The number of nitrogens with zero attached hydrogens (tertiary/aromatic N) is 2. The van der Waals surface area contributed by atoms with Crippen molar-refractivity contribution < 1.29 is 18.8 Å². The maximum absolute atomic E-state index is 12.4. The Morgan fingerprint density at radius 1 is 1.22 bits per heavy atom. The number of nitrogens with one attached hydrogen (secondary N) is 1. The van der Waals surface area contributed by atoms with Crippen LogP contribution in [0.3, 0.4) is 0 Å². The molecule has 146 valence electrons. The molecule has 7 nitrogen and oxygen atoms in total. The standard InChI is InChI=1S/C20H27N3O4/c1-4-23(5-2)10-6-7-14(3)21-20(24)16-12-18(27-22-16)15-8-9-17-19(11-15)26-13-25-17/h8-9,11-12,14H,4-7,10,13H2,1-3H3,(H,21,24)/t14-/m0/s1. The van der Waals surface area contributed by atoms with Gasteiger partial charge in [-0.2, -0.15) is 0 Å². The molecule has 3 rings (SSSR count). The normalized spacial score (nSPS) is 13.8. The molecule has 7 heteroatoms. The van der Waals surface area contributed by atoms with E-state index in [2.05, 4.69) is 29.2 Å². The molecule has 2 heterocycles. The van der Waals surface area contributed by atoms with Crippen LogP contribution in [0.4, 0.5) is 0 Å². The average molecular weight is 373 g/mol. The second-order valence-electron chi connectivity index (χ2n) is 6.69. The van der Waals surface area contributed by atoms with Crippen molar-refractivity contribution in [3.05, 3.63) is 30.0 Å². The Morgan fingerprint density at radius 2 is 2.00 bits per heavy atom. The van der Waals surface area contributed by atoms with E-state index < -0.39 is 0 Å². The maximum atomic E-state index is 12.4. The van der Waals surface area contributed by atoms with Crippen molar-refractivity contribution in [2.24, 2.45) is 0 Å². The zero-order valence-corrected chi connectivity index (χ0v) is 16.2. The van der Waals surface area contributed by atoms with Crippen molar-refractivity contribution in [2.45, 2.75) is 39.7 Å². The summed E-state index contributed by atoms with van der Waals surface area (Å²) < 4.78 is 16.0. The van der Waals surface area contributed by atoms with Crippen molar-refractivity contribution in [2.75, 3.05) is 26.4 Å². The van der Waals surface area contributed by atoms with Gasteiger partial charge in [0.25, 0.3) is 5.91 Å². The molecular weight excluding hydrogens is 346 g/mol. The number of rotatable bonds is 9. The number of benzene rings is 1. The Hall–Kier alpha value is -2.54. The second-order valence-corrected chi connectivity index (χ2v) is 6.69.